The van der Waals surface area contributed by atoms with Crippen LogP contribution in [0.3, 0.4) is 0 Å². The Labute approximate surface area is 125 Å². The Morgan fingerprint density at radius 2 is 2.25 bits per heavy atom. The van der Waals surface area contributed by atoms with Crippen LogP contribution in [0.25, 0.3) is 11.0 Å². The quantitative estimate of drug-likeness (QED) is 0.687. The van der Waals surface area contributed by atoms with Crippen LogP contribution in [0, 0.1) is 12.7 Å². The Kier molecular flexibility index (Phi) is 3.72. The van der Waals surface area contributed by atoms with E-state index >= 15 is 0 Å². The molecule has 0 N–H and O–H groups in total. The molecule has 2 heterocycles. The molecule has 2 aromatic heterocycles. The Morgan fingerprint density at radius 1 is 1.40 bits per heavy atom. The summed E-state index contributed by atoms with van der Waals surface area (Å²) in [4.78, 5) is 8.80. The van der Waals surface area contributed by atoms with Crippen molar-refractivity contribution in [2.75, 3.05) is 5.88 Å². The molecule has 0 radical (unpaired) electrons. The average Bonchev–Trinajstić information content (AvgIpc) is 3.02. The van der Waals surface area contributed by atoms with Gasteiger partial charge in [-0.2, -0.15) is 0 Å². The Balaban J connectivity index is 2.15. The monoisotopic (exact) mass is 309 g/mol. The highest BCUT2D eigenvalue weighted by molar-refractivity contribution is 7.07. The molecule has 0 unspecified atom stereocenters. The normalized spacial score (nSPS) is 11.3. The molecule has 0 atom stereocenters. The summed E-state index contributed by atoms with van der Waals surface area (Å²) in [6, 6.07) is 3.32. The van der Waals surface area contributed by atoms with E-state index < -0.39 is 0 Å². The van der Waals surface area contributed by atoms with Gasteiger partial charge in [0, 0.05) is 23.7 Å². The number of hydrogen-bond donors (Lipinski definition) is 0. The fourth-order valence-corrected chi connectivity index (χ4v) is 2.95. The summed E-state index contributed by atoms with van der Waals surface area (Å²) in [6.07, 6.45) is 0.654. The van der Waals surface area contributed by atoms with Crippen molar-refractivity contribution in [2.24, 2.45) is 0 Å². The number of thiazole rings is 1. The summed E-state index contributed by atoms with van der Waals surface area (Å²) >= 11 is 7.40. The molecule has 0 amide bonds. The van der Waals surface area contributed by atoms with Crippen molar-refractivity contribution >= 4 is 34.0 Å². The van der Waals surface area contributed by atoms with Crippen LogP contribution in [0.5, 0.6) is 0 Å². The number of rotatable bonds is 4. The standard InChI is InChI=1S/C14H13ClFN3S/c1-9-4-13-12(5-11(9)16)18-14(2-3-15)19(13)6-10-7-20-8-17-10/h4-5,7-8H,2-3,6H2,1H3. The number of fused-ring (bicyclic) bond motifs is 1. The van der Waals surface area contributed by atoms with E-state index in [1.54, 1.807) is 23.8 Å². The maximum atomic E-state index is 13.7. The van der Waals surface area contributed by atoms with Gasteiger partial charge in [0.05, 0.1) is 28.8 Å². The van der Waals surface area contributed by atoms with Crippen LogP contribution < -0.4 is 0 Å². The van der Waals surface area contributed by atoms with E-state index in [1.165, 1.54) is 6.07 Å². The Hall–Kier alpha value is -1.46. The van der Waals surface area contributed by atoms with Gasteiger partial charge in [0.25, 0.3) is 0 Å². The molecular weight excluding hydrogens is 297 g/mol. The number of aryl methyl sites for hydroxylation is 2. The molecule has 3 rings (SSSR count). The molecule has 0 saturated carbocycles. The van der Waals surface area contributed by atoms with Gasteiger partial charge in [-0.15, -0.1) is 22.9 Å². The van der Waals surface area contributed by atoms with Crippen LogP contribution in [-0.2, 0) is 13.0 Å². The van der Waals surface area contributed by atoms with Crippen molar-refractivity contribution in [2.45, 2.75) is 19.9 Å². The molecule has 0 bridgehead atoms. The first-order chi connectivity index (χ1) is 9.69. The van der Waals surface area contributed by atoms with Crippen LogP contribution >= 0.6 is 22.9 Å². The second-order valence-corrected chi connectivity index (χ2v) is 5.72. The summed E-state index contributed by atoms with van der Waals surface area (Å²) in [7, 11) is 0. The lowest BCUT2D eigenvalue weighted by Gasteiger charge is -2.07. The number of imidazole rings is 1. The molecule has 0 aliphatic heterocycles. The van der Waals surface area contributed by atoms with E-state index in [2.05, 4.69) is 14.5 Å². The molecule has 0 aliphatic rings. The van der Waals surface area contributed by atoms with E-state index in [4.69, 9.17) is 11.6 Å². The fourth-order valence-electron chi connectivity index (χ4n) is 2.23. The highest BCUT2D eigenvalue weighted by Gasteiger charge is 2.13. The topological polar surface area (TPSA) is 30.7 Å². The van der Waals surface area contributed by atoms with Crippen LogP contribution in [0.15, 0.2) is 23.0 Å². The molecule has 104 valence electrons. The van der Waals surface area contributed by atoms with Gasteiger partial charge in [-0.05, 0) is 18.6 Å². The summed E-state index contributed by atoms with van der Waals surface area (Å²) in [5.74, 6) is 1.13. The van der Waals surface area contributed by atoms with Gasteiger partial charge in [-0.25, -0.2) is 14.4 Å². The lowest BCUT2D eigenvalue weighted by molar-refractivity contribution is 0.620. The van der Waals surface area contributed by atoms with Crippen LogP contribution in [-0.4, -0.2) is 20.4 Å². The molecule has 0 aliphatic carbocycles. The second kappa shape index (κ2) is 5.50. The van der Waals surface area contributed by atoms with Gasteiger partial charge in [-0.1, -0.05) is 0 Å². The molecule has 3 nitrogen and oxygen atoms in total. The van der Waals surface area contributed by atoms with Crippen molar-refractivity contribution < 1.29 is 4.39 Å². The first-order valence-electron chi connectivity index (χ1n) is 6.27. The third kappa shape index (κ3) is 2.43. The van der Waals surface area contributed by atoms with Gasteiger partial charge < -0.3 is 4.57 Å². The number of nitrogens with zero attached hydrogens (tertiary/aromatic N) is 3. The molecule has 0 fully saturated rings. The minimum Gasteiger partial charge on any atom is -0.322 e. The van der Waals surface area contributed by atoms with E-state index in [0.29, 0.717) is 29.9 Å². The number of aromatic nitrogens is 3. The van der Waals surface area contributed by atoms with Gasteiger partial charge in [0.2, 0.25) is 0 Å². The van der Waals surface area contributed by atoms with Gasteiger partial charge in [0.1, 0.15) is 11.6 Å². The number of benzene rings is 1. The Bertz CT molecular complexity index is 737. The van der Waals surface area contributed by atoms with Crippen molar-refractivity contribution in [3.05, 3.63) is 45.9 Å². The van der Waals surface area contributed by atoms with Crippen molar-refractivity contribution in [3.8, 4) is 0 Å². The van der Waals surface area contributed by atoms with Crippen LogP contribution in [0.1, 0.15) is 17.1 Å². The van der Waals surface area contributed by atoms with Gasteiger partial charge >= 0.3 is 0 Å². The second-order valence-electron chi connectivity index (χ2n) is 4.62. The van der Waals surface area contributed by atoms with Gasteiger partial charge in [-0.3, -0.25) is 0 Å². The van der Waals surface area contributed by atoms with Crippen LogP contribution in [0.4, 0.5) is 4.39 Å². The minimum absolute atomic E-state index is 0.228. The lowest BCUT2D eigenvalue weighted by atomic mass is 10.2. The highest BCUT2D eigenvalue weighted by atomic mass is 35.5. The van der Waals surface area contributed by atoms with Crippen molar-refractivity contribution in [1.29, 1.82) is 0 Å². The summed E-state index contributed by atoms with van der Waals surface area (Å²) in [6.45, 7) is 2.40. The van der Waals surface area contributed by atoms with Crippen molar-refractivity contribution in [3.63, 3.8) is 0 Å². The smallest absolute Gasteiger partial charge is 0.128 e. The third-order valence-electron chi connectivity index (χ3n) is 3.23. The highest BCUT2D eigenvalue weighted by Crippen LogP contribution is 2.22. The lowest BCUT2D eigenvalue weighted by Crippen LogP contribution is -2.06. The number of alkyl halides is 1. The zero-order valence-electron chi connectivity index (χ0n) is 10.9. The SMILES string of the molecule is Cc1cc2c(cc1F)nc(CCCl)n2Cc1cscn1. The van der Waals surface area contributed by atoms with Crippen LogP contribution in [0.2, 0.25) is 0 Å². The maximum Gasteiger partial charge on any atom is 0.128 e. The summed E-state index contributed by atoms with van der Waals surface area (Å²) < 4.78 is 15.7. The van der Waals surface area contributed by atoms with Crippen molar-refractivity contribution in [1.82, 2.24) is 14.5 Å². The van der Waals surface area contributed by atoms with Gasteiger partial charge in [0.15, 0.2) is 0 Å². The molecule has 3 aromatic rings. The van der Waals surface area contributed by atoms with E-state index in [1.807, 2.05) is 11.4 Å². The molecule has 6 heteroatoms. The minimum atomic E-state index is -0.228. The molecule has 1 aromatic carbocycles. The molecule has 20 heavy (non-hydrogen) atoms. The summed E-state index contributed by atoms with van der Waals surface area (Å²) in [5.41, 5.74) is 5.00. The first kappa shape index (κ1) is 13.5. The van der Waals surface area contributed by atoms with E-state index in [9.17, 15) is 4.39 Å². The first-order valence-corrected chi connectivity index (χ1v) is 7.75. The fraction of sp³-hybridized carbons (Fsp3) is 0.286. The third-order valence-corrected chi connectivity index (χ3v) is 4.05. The number of hydrogen-bond acceptors (Lipinski definition) is 3. The average molecular weight is 310 g/mol. The largest absolute Gasteiger partial charge is 0.322 e. The van der Waals surface area contributed by atoms with E-state index in [0.717, 1.165) is 17.0 Å². The maximum absolute atomic E-state index is 13.7. The summed E-state index contributed by atoms with van der Waals surface area (Å²) in [5, 5.41) is 2.01. The molecule has 0 spiro atoms. The van der Waals surface area contributed by atoms with E-state index in [-0.39, 0.29) is 5.82 Å². The molecular formula is C14H13ClFN3S. The number of halogens is 2. The predicted molar refractivity (Wildman–Crippen MR) is 80.1 cm³/mol. The zero-order chi connectivity index (χ0) is 14.1. The molecule has 0 saturated heterocycles. The Morgan fingerprint density at radius 3 is 2.95 bits per heavy atom. The predicted octanol–water partition coefficient (Wildman–Crippen LogP) is 3.77. The zero-order valence-corrected chi connectivity index (χ0v) is 12.5.